The minimum atomic E-state index is -0.274. The molecule has 3 rings (SSSR count). The third kappa shape index (κ3) is 6.83. The average Bonchev–Trinajstić information content (AvgIpc) is 3.29. The van der Waals surface area contributed by atoms with Crippen LogP contribution in [0.4, 0.5) is 0 Å². The maximum Gasteiger partial charge on any atom is 0.251 e. The van der Waals surface area contributed by atoms with Crippen molar-refractivity contribution in [1.82, 2.24) is 20.0 Å². The number of hydrogen-bond acceptors (Lipinski definition) is 4. The predicted molar refractivity (Wildman–Crippen MR) is 127 cm³/mol. The standard InChI is InChI=1S/C21H31N5O3.HI/c1-24(2)19(27)16-23-21(22-15-17-7-4-3-5-8-17)26-12-10-25(11-13-26)20(28)18-9-6-14-29-18;/h3-5,7-8,18H,6,9-16H2,1-2H3,(H,22,23);1H. The van der Waals surface area contributed by atoms with E-state index in [1.807, 2.05) is 35.2 Å². The summed E-state index contributed by atoms with van der Waals surface area (Å²) in [6.45, 7) is 4.02. The highest BCUT2D eigenvalue weighted by atomic mass is 127. The van der Waals surface area contributed by atoms with Gasteiger partial charge in [0.15, 0.2) is 5.96 Å². The highest BCUT2D eigenvalue weighted by Gasteiger charge is 2.31. The van der Waals surface area contributed by atoms with Gasteiger partial charge in [-0.1, -0.05) is 30.3 Å². The SMILES string of the molecule is CN(C)C(=O)CNC(=NCc1ccccc1)N1CCN(C(=O)C2CCCO2)CC1.I. The average molecular weight is 529 g/mol. The number of rotatable bonds is 5. The molecule has 0 aromatic heterocycles. The van der Waals surface area contributed by atoms with Crippen molar-refractivity contribution in [1.29, 1.82) is 0 Å². The first-order valence-electron chi connectivity index (χ1n) is 10.2. The molecule has 1 atom stereocenters. The van der Waals surface area contributed by atoms with Gasteiger partial charge in [-0.05, 0) is 18.4 Å². The van der Waals surface area contributed by atoms with Crippen LogP contribution in [0.5, 0.6) is 0 Å². The molecule has 1 N–H and O–H groups in total. The summed E-state index contributed by atoms with van der Waals surface area (Å²) >= 11 is 0. The molecule has 2 saturated heterocycles. The summed E-state index contributed by atoms with van der Waals surface area (Å²) in [5, 5.41) is 3.20. The van der Waals surface area contributed by atoms with Crippen LogP contribution in [0.15, 0.2) is 35.3 Å². The van der Waals surface area contributed by atoms with Crippen LogP contribution in [-0.4, -0.2) is 92.0 Å². The monoisotopic (exact) mass is 529 g/mol. The summed E-state index contributed by atoms with van der Waals surface area (Å²) in [6.07, 6.45) is 1.50. The zero-order valence-corrected chi connectivity index (χ0v) is 20.1. The fraction of sp³-hybridized carbons (Fsp3) is 0.571. The van der Waals surface area contributed by atoms with Crippen LogP contribution in [0.3, 0.4) is 0 Å². The van der Waals surface area contributed by atoms with Crippen molar-refractivity contribution in [2.45, 2.75) is 25.5 Å². The number of guanidine groups is 1. The molecule has 2 amide bonds. The van der Waals surface area contributed by atoms with Crippen molar-refractivity contribution >= 4 is 41.8 Å². The molecule has 8 nitrogen and oxygen atoms in total. The molecule has 2 heterocycles. The number of aliphatic imine (C=N–C) groups is 1. The zero-order valence-electron chi connectivity index (χ0n) is 17.7. The fourth-order valence-corrected chi connectivity index (χ4v) is 3.44. The number of hydrogen-bond donors (Lipinski definition) is 1. The smallest absolute Gasteiger partial charge is 0.251 e. The molecular formula is C21H32IN5O3. The first kappa shape index (κ1) is 24.4. The van der Waals surface area contributed by atoms with E-state index < -0.39 is 0 Å². The highest BCUT2D eigenvalue weighted by Crippen LogP contribution is 2.16. The van der Waals surface area contributed by atoms with Crippen molar-refractivity contribution < 1.29 is 14.3 Å². The number of halogens is 1. The van der Waals surface area contributed by atoms with Gasteiger partial charge < -0.3 is 24.8 Å². The number of piperazine rings is 1. The minimum absolute atomic E-state index is 0. The first-order chi connectivity index (χ1) is 14.0. The normalized spacial score (nSPS) is 19.3. The Morgan fingerprint density at radius 1 is 1.13 bits per heavy atom. The van der Waals surface area contributed by atoms with E-state index in [1.54, 1.807) is 19.0 Å². The summed E-state index contributed by atoms with van der Waals surface area (Å²) in [5.74, 6) is 0.790. The molecule has 0 saturated carbocycles. The number of likely N-dealkylation sites (N-methyl/N-ethyl adjacent to an activating group) is 1. The maximum atomic E-state index is 12.6. The third-order valence-electron chi connectivity index (χ3n) is 5.25. The summed E-state index contributed by atoms with van der Waals surface area (Å²) in [7, 11) is 3.47. The van der Waals surface area contributed by atoms with Crippen molar-refractivity contribution in [3.8, 4) is 0 Å². The Morgan fingerprint density at radius 3 is 2.40 bits per heavy atom. The number of nitrogens with one attached hydrogen (secondary N) is 1. The van der Waals surface area contributed by atoms with Crippen molar-refractivity contribution in [3.63, 3.8) is 0 Å². The number of carbonyl (C=O) groups excluding carboxylic acids is 2. The summed E-state index contributed by atoms with van der Waals surface area (Å²) in [5.41, 5.74) is 1.11. The van der Waals surface area contributed by atoms with Crippen LogP contribution in [0, 0.1) is 0 Å². The zero-order chi connectivity index (χ0) is 20.6. The lowest BCUT2D eigenvalue weighted by atomic mass is 10.2. The molecule has 0 spiro atoms. The molecule has 2 aliphatic rings. The molecule has 1 aromatic carbocycles. The van der Waals surface area contributed by atoms with Crippen LogP contribution in [-0.2, 0) is 20.9 Å². The Balaban J connectivity index is 0.00000320. The van der Waals surface area contributed by atoms with E-state index in [4.69, 9.17) is 9.73 Å². The number of nitrogens with zero attached hydrogens (tertiary/aromatic N) is 4. The minimum Gasteiger partial charge on any atom is -0.368 e. The van der Waals surface area contributed by atoms with Crippen LogP contribution < -0.4 is 5.32 Å². The van der Waals surface area contributed by atoms with Crippen LogP contribution in [0.1, 0.15) is 18.4 Å². The van der Waals surface area contributed by atoms with Gasteiger partial charge in [-0.15, -0.1) is 24.0 Å². The van der Waals surface area contributed by atoms with Gasteiger partial charge in [0, 0.05) is 46.9 Å². The fourth-order valence-electron chi connectivity index (χ4n) is 3.44. The van der Waals surface area contributed by atoms with Crippen molar-refractivity contribution in [2.75, 3.05) is 53.4 Å². The second-order valence-electron chi connectivity index (χ2n) is 7.58. The molecule has 9 heteroatoms. The Bertz CT molecular complexity index is 715. The van der Waals surface area contributed by atoms with Gasteiger partial charge in [0.1, 0.15) is 6.10 Å². The van der Waals surface area contributed by atoms with Gasteiger partial charge in [-0.3, -0.25) is 9.59 Å². The molecule has 2 aliphatic heterocycles. The van der Waals surface area contributed by atoms with E-state index in [9.17, 15) is 9.59 Å². The van der Waals surface area contributed by atoms with Gasteiger partial charge in [0.05, 0.1) is 13.1 Å². The van der Waals surface area contributed by atoms with Crippen LogP contribution in [0.2, 0.25) is 0 Å². The Labute approximate surface area is 195 Å². The highest BCUT2D eigenvalue weighted by molar-refractivity contribution is 14.0. The largest absolute Gasteiger partial charge is 0.368 e. The summed E-state index contributed by atoms with van der Waals surface area (Å²) in [6, 6.07) is 10.0. The molecule has 1 aromatic rings. The van der Waals surface area contributed by atoms with E-state index in [0.29, 0.717) is 45.3 Å². The van der Waals surface area contributed by atoms with Gasteiger partial charge in [-0.2, -0.15) is 0 Å². The molecular weight excluding hydrogens is 497 g/mol. The summed E-state index contributed by atoms with van der Waals surface area (Å²) < 4.78 is 5.53. The molecule has 166 valence electrons. The molecule has 30 heavy (non-hydrogen) atoms. The van der Waals surface area contributed by atoms with E-state index in [1.165, 1.54) is 0 Å². The number of benzene rings is 1. The van der Waals surface area contributed by atoms with Gasteiger partial charge in [0.25, 0.3) is 5.91 Å². The molecule has 2 fully saturated rings. The number of carbonyl (C=O) groups is 2. The van der Waals surface area contributed by atoms with E-state index in [-0.39, 0.29) is 48.4 Å². The van der Waals surface area contributed by atoms with Crippen LogP contribution >= 0.6 is 24.0 Å². The summed E-state index contributed by atoms with van der Waals surface area (Å²) in [4.78, 5) is 34.9. The predicted octanol–water partition coefficient (Wildman–Crippen LogP) is 1.16. The molecule has 0 bridgehead atoms. The van der Waals surface area contributed by atoms with Crippen molar-refractivity contribution in [3.05, 3.63) is 35.9 Å². The van der Waals surface area contributed by atoms with E-state index in [0.717, 1.165) is 18.4 Å². The Hall–Kier alpha value is -1.88. The Morgan fingerprint density at radius 2 is 1.80 bits per heavy atom. The van der Waals surface area contributed by atoms with Crippen molar-refractivity contribution in [2.24, 2.45) is 4.99 Å². The molecule has 0 aliphatic carbocycles. The quantitative estimate of drug-likeness (QED) is 0.352. The van der Waals surface area contributed by atoms with E-state index >= 15 is 0 Å². The number of amides is 2. The third-order valence-corrected chi connectivity index (χ3v) is 5.25. The lowest BCUT2D eigenvalue weighted by Gasteiger charge is -2.37. The van der Waals surface area contributed by atoms with E-state index in [2.05, 4.69) is 10.2 Å². The maximum absolute atomic E-state index is 12.6. The lowest BCUT2D eigenvalue weighted by molar-refractivity contribution is -0.142. The number of ether oxygens (including phenoxy) is 1. The topological polar surface area (TPSA) is 77.5 Å². The second-order valence-corrected chi connectivity index (χ2v) is 7.58. The van der Waals surface area contributed by atoms with Gasteiger partial charge >= 0.3 is 0 Å². The van der Waals surface area contributed by atoms with Gasteiger partial charge in [0.2, 0.25) is 5.91 Å². The second kappa shape index (κ2) is 12.1. The van der Waals surface area contributed by atoms with Crippen LogP contribution in [0.25, 0.3) is 0 Å². The molecule has 0 radical (unpaired) electrons. The molecule has 1 unspecified atom stereocenters. The first-order valence-corrected chi connectivity index (χ1v) is 10.2. The van der Waals surface area contributed by atoms with Gasteiger partial charge in [-0.25, -0.2) is 4.99 Å². The Kier molecular flexibility index (Phi) is 9.83. The lowest BCUT2D eigenvalue weighted by Crippen LogP contribution is -2.56.